The molecule has 1 aromatic rings. The van der Waals surface area contributed by atoms with E-state index >= 15 is 0 Å². The minimum absolute atomic E-state index is 0.0691. The van der Waals surface area contributed by atoms with Crippen LogP contribution in [0.1, 0.15) is 5.56 Å². The number of thiol groups is 1. The lowest BCUT2D eigenvalue weighted by Gasteiger charge is -2.05. The molecule has 0 fully saturated rings. The smallest absolute Gasteiger partial charge is 0.165 e. The van der Waals surface area contributed by atoms with Crippen LogP contribution in [-0.2, 0) is 6.42 Å². The number of hydrogen-bond donors (Lipinski definition) is 1. The first-order chi connectivity index (χ1) is 6.19. The van der Waals surface area contributed by atoms with Crippen molar-refractivity contribution in [2.75, 3.05) is 12.9 Å². The molecule has 1 nitrogen and oxygen atoms in total. The van der Waals surface area contributed by atoms with Crippen molar-refractivity contribution in [2.45, 2.75) is 6.42 Å². The average Bonchev–Trinajstić information content (AvgIpc) is 2.11. The van der Waals surface area contributed by atoms with Gasteiger partial charge in [-0.15, -0.1) is 0 Å². The van der Waals surface area contributed by atoms with Crippen LogP contribution in [0.3, 0.4) is 0 Å². The predicted octanol–water partition coefficient (Wildman–Crippen LogP) is 2.45. The molecule has 1 rings (SSSR count). The first kappa shape index (κ1) is 10.3. The fourth-order valence-corrected chi connectivity index (χ4v) is 1.28. The Morgan fingerprint density at radius 2 is 2.00 bits per heavy atom. The first-order valence-electron chi connectivity index (χ1n) is 3.81. The first-order valence-corrected chi connectivity index (χ1v) is 4.45. The van der Waals surface area contributed by atoms with Crippen LogP contribution in [0.25, 0.3) is 0 Å². The second-order valence-electron chi connectivity index (χ2n) is 2.55. The zero-order valence-electron chi connectivity index (χ0n) is 7.18. The predicted molar refractivity (Wildman–Crippen MR) is 50.5 cm³/mol. The third-order valence-electron chi connectivity index (χ3n) is 1.70. The molecule has 0 aliphatic heterocycles. The van der Waals surface area contributed by atoms with E-state index < -0.39 is 11.6 Å². The quantitative estimate of drug-likeness (QED) is 0.744. The number of rotatable bonds is 3. The van der Waals surface area contributed by atoms with Crippen molar-refractivity contribution < 1.29 is 13.5 Å². The SMILES string of the molecule is COc1cc(F)c(CCS)cc1F. The van der Waals surface area contributed by atoms with Crippen molar-refractivity contribution in [1.82, 2.24) is 0 Å². The Bertz CT molecular complexity index is 302. The van der Waals surface area contributed by atoms with E-state index in [9.17, 15) is 8.78 Å². The highest BCUT2D eigenvalue weighted by Gasteiger charge is 2.09. The highest BCUT2D eigenvalue weighted by molar-refractivity contribution is 7.80. The van der Waals surface area contributed by atoms with Crippen molar-refractivity contribution in [2.24, 2.45) is 0 Å². The number of methoxy groups -OCH3 is 1. The minimum Gasteiger partial charge on any atom is -0.494 e. The largest absolute Gasteiger partial charge is 0.494 e. The molecule has 0 saturated carbocycles. The van der Waals surface area contributed by atoms with Gasteiger partial charge in [-0.3, -0.25) is 0 Å². The van der Waals surface area contributed by atoms with Gasteiger partial charge in [-0.25, -0.2) is 8.78 Å². The van der Waals surface area contributed by atoms with Crippen LogP contribution in [0.2, 0.25) is 0 Å². The lowest BCUT2D eigenvalue weighted by atomic mass is 10.1. The monoisotopic (exact) mass is 204 g/mol. The Balaban J connectivity index is 3.05. The van der Waals surface area contributed by atoms with Crippen molar-refractivity contribution in [1.29, 1.82) is 0 Å². The molecule has 0 saturated heterocycles. The highest BCUT2D eigenvalue weighted by Crippen LogP contribution is 2.21. The molecule has 1 aromatic carbocycles. The van der Waals surface area contributed by atoms with Gasteiger partial charge in [-0.1, -0.05) is 0 Å². The molecule has 0 N–H and O–H groups in total. The highest BCUT2D eigenvalue weighted by atomic mass is 32.1. The summed E-state index contributed by atoms with van der Waals surface area (Å²) >= 11 is 3.94. The summed E-state index contributed by atoms with van der Waals surface area (Å²) in [5, 5.41) is 0. The fraction of sp³-hybridized carbons (Fsp3) is 0.333. The van der Waals surface area contributed by atoms with Crippen molar-refractivity contribution >= 4 is 12.6 Å². The summed E-state index contributed by atoms with van der Waals surface area (Å²) in [5.74, 6) is -0.573. The summed E-state index contributed by atoms with van der Waals surface area (Å²) in [6, 6.07) is 2.19. The molecule has 0 unspecified atom stereocenters. The van der Waals surface area contributed by atoms with Crippen molar-refractivity contribution in [3.05, 3.63) is 29.3 Å². The molecule has 13 heavy (non-hydrogen) atoms. The van der Waals surface area contributed by atoms with Crippen LogP contribution >= 0.6 is 12.6 Å². The van der Waals surface area contributed by atoms with Gasteiger partial charge in [0.25, 0.3) is 0 Å². The van der Waals surface area contributed by atoms with Gasteiger partial charge < -0.3 is 4.74 Å². The Hall–Kier alpha value is -0.770. The number of aryl methyl sites for hydroxylation is 1. The van der Waals surface area contributed by atoms with Gasteiger partial charge in [0.2, 0.25) is 0 Å². The zero-order valence-corrected chi connectivity index (χ0v) is 8.07. The third kappa shape index (κ3) is 2.34. The van der Waals surface area contributed by atoms with Gasteiger partial charge >= 0.3 is 0 Å². The molecule has 72 valence electrons. The molecule has 0 aliphatic rings. The standard InChI is InChI=1S/C9H10F2OS/c1-12-9-5-7(10)6(2-3-13)4-8(9)11/h4-5,13H,2-3H2,1H3. The van der Waals surface area contributed by atoms with Gasteiger partial charge in [-0.05, 0) is 23.8 Å². The van der Waals surface area contributed by atoms with Crippen LogP contribution in [0, 0.1) is 11.6 Å². The van der Waals surface area contributed by atoms with E-state index in [1.807, 2.05) is 0 Å². The van der Waals surface area contributed by atoms with Crippen LogP contribution < -0.4 is 4.74 Å². The van der Waals surface area contributed by atoms with E-state index in [4.69, 9.17) is 0 Å². The summed E-state index contributed by atoms with van der Waals surface area (Å²) in [5.41, 5.74) is 0.327. The maximum Gasteiger partial charge on any atom is 0.165 e. The fourth-order valence-electron chi connectivity index (χ4n) is 1.04. The van der Waals surface area contributed by atoms with E-state index in [2.05, 4.69) is 17.4 Å². The minimum atomic E-state index is -0.541. The van der Waals surface area contributed by atoms with Gasteiger partial charge in [-0.2, -0.15) is 12.6 Å². The van der Waals surface area contributed by atoms with Crippen molar-refractivity contribution in [3.8, 4) is 5.75 Å². The molecular weight excluding hydrogens is 194 g/mol. The number of halogens is 2. The second kappa shape index (κ2) is 4.46. The molecule has 0 bridgehead atoms. The molecule has 0 atom stereocenters. The lowest BCUT2D eigenvalue weighted by Crippen LogP contribution is -1.96. The van der Waals surface area contributed by atoms with Gasteiger partial charge in [0.15, 0.2) is 11.6 Å². The van der Waals surface area contributed by atoms with Gasteiger partial charge in [0.1, 0.15) is 5.82 Å². The van der Waals surface area contributed by atoms with Crippen LogP contribution in [0.5, 0.6) is 5.75 Å². The molecule has 0 aliphatic carbocycles. The molecule has 0 aromatic heterocycles. The molecule has 0 radical (unpaired) electrons. The number of benzene rings is 1. The molecule has 0 spiro atoms. The van der Waals surface area contributed by atoms with Crippen molar-refractivity contribution in [3.63, 3.8) is 0 Å². The molecule has 4 heteroatoms. The third-order valence-corrected chi connectivity index (χ3v) is 1.93. The van der Waals surface area contributed by atoms with E-state index in [1.165, 1.54) is 7.11 Å². The summed E-state index contributed by atoms with van der Waals surface area (Å²) in [7, 11) is 1.30. The van der Waals surface area contributed by atoms with Crippen LogP contribution in [-0.4, -0.2) is 12.9 Å². The van der Waals surface area contributed by atoms with Crippen LogP contribution in [0.4, 0.5) is 8.78 Å². The lowest BCUT2D eigenvalue weighted by molar-refractivity contribution is 0.382. The molecule has 0 heterocycles. The van der Waals surface area contributed by atoms with Crippen LogP contribution in [0.15, 0.2) is 12.1 Å². The van der Waals surface area contributed by atoms with Gasteiger partial charge in [0.05, 0.1) is 7.11 Å². The normalized spacial score (nSPS) is 10.2. The number of hydrogen-bond acceptors (Lipinski definition) is 2. The molecular formula is C9H10F2OS. The maximum atomic E-state index is 13.1. The Morgan fingerprint density at radius 1 is 1.31 bits per heavy atom. The van der Waals surface area contributed by atoms with E-state index in [1.54, 1.807) is 0 Å². The Labute approximate surface area is 81.1 Å². The van der Waals surface area contributed by atoms with E-state index in [0.29, 0.717) is 17.7 Å². The summed E-state index contributed by atoms with van der Waals surface area (Å²) in [4.78, 5) is 0. The summed E-state index contributed by atoms with van der Waals surface area (Å²) < 4.78 is 30.8. The maximum absolute atomic E-state index is 13.1. The second-order valence-corrected chi connectivity index (χ2v) is 3.00. The Kier molecular flexibility index (Phi) is 3.54. The topological polar surface area (TPSA) is 9.23 Å². The van der Waals surface area contributed by atoms with Gasteiger partial charge in [0, 0.05) is 6.07 Å². The average molecular weight is 204 g/mol. The summed E-state index contributed by atoms with van der Waals surface area (Å²) in [6.07, 6.45) is 0.413. The molecule has 0 amide bonds. The Morgan fingerprint density at radius 3 is 2.54 bits per heavy atom. The van der Waals surface area contributed by atoms with E-state index in [-0.39, 0.29) is 5.75 Å². The summed E-state index contributed by atoms with van der Waals surface area (Å²) in [6.45, 7) is 0. The number of ether oxygens (including phenoxy) is 1. The van der Waals surface area contributed by atoms with E-state index in [0.717, 1.165) is 12.1 Å². The zero-order chi connectivity index (χ0) is 9.84.